The summed E-state index contributed by atoms with van der Waals surface area (Å²) >= 11 is 0. The average Bonchev–Trinajstić information content (AvgIpc) is 2.99. The number of fused-ring (bicyclic) bond motifs is 3. The highest BCUT2D eigenvalue weighted by molar-refractivity contribution is 6.07. The van der Waals surface area contributed by atoms with Crippen molar-refractivity contribution in [2.75, 3.05) is 25.5 Å². The summed E-state index contributed by atoms with van der Waals surface area (Å²) in [5.41, 5.74) is 2.24. The number of hydrogen-bond acceptors (Lipinski definition) is 4. The van der Waals surface area contributed by atoms with Crippen molar-refractivity contribution < 1.29 is 13.9 Å². The number of benzene rings is 2. The summed E-state index contributed by atoms with van der Waals surface area (Å²) in [5, 5.41) is 8.32. The van der Waals surface area contributed by atoms with E-state index in [-0.39, 0.29) is 11.8 Å². The first-order valence-electron chi connectivity index (χ1n) is 8.27. The lowest BCUT2D eigenvalue weighted by Gasteiger charge is -2.22. The van der Waals surface area contributed by atoms with Crippen LogP contribution in [0.5, 0.6) is 5.75 Å². The molecule has 0 aliphatic carbocycles. The zero-order chi connectivity index (χ0) is 16.5. The Balaban J connectivity index is 1.71. The van der Waals surface area contributed by atoms with E-state index in [0.717, 1.165) is 47.9 Å². The topological polar surface area (TPSA) is 63.5 Å². The molecule has 0 unspecified atom stereocenters. The molecule has 5 heteroatoms. The molecule has 0 spiro atoms. The lowest BCUT2D eigenvalue weighted by molar-refractivity contribution is -0.120. The van der Waals surface area contributed by atoms with Gasteiger partial charge in [0.25, 0.3) is 0 Å². The van der Waals surface area contributed by atoms with Crippen molar-refractivity contribution in [3.63, 3.8) is 0 Å². The summed E-state index contributed by atoms with van der Waals surface area (Å²) < 4.78 is 11.4. The molecular weight excluding hydrogens is 304 g/mol. The van der Waals surface area contributed by atoms with Crippen molar-refractivity contribution in [1.29, 1.82) is 0 Å². The predicted molar refractivity (Wildman–Crippen MR) is 94.5 cm³/mol. The molecule has 1 aliphatic heterocycles. The van der Waals surface area contributed by atoms with Crippen molar-refractivity contribution in [3.05, 3.63) is 36.4 Å². The van der Waals surface area contributed by atoms with Gasteiger partial charge in [0.2, 0.25) is 5.91 Å². The quantitative estimate of drug-likeness (QED) is 0.773. The normalized spacial score (nSPS) is 15.7. The summed E-state index contributed by atoms with van der Waals surface area (Å²) in [7, 11) is 1.61. The Morgan fingerprint density at radius 2 is 1.96 bits per heavy atom. The molecule has 2 heterocycles. The van der Waals surface area contributed by atoms with E-state index >= 15 is 0 Å². The third kappa shape index (κ3) is 2.61. The fourth-order valence-corrected chi connectivity index (χ4v) is 3.34. The van der Waals surface area contributed by atoms with E-state index in [1.165, 1.54) is 0 Å². The largest absolute Gasteiger partial charge is 0.495 e. The molecule has 1 saturated heterocycles. The van der Waals surface area contributed by atoms with Crippen molar-refractivity contribution >= 4 is 33.5 Å². The van der Waals surface area contributed by atoms with Gasteiger partial charge in [-0.25, -0.2) is 0 Å². The third-order valence-electron chi connectivity index (χ3n) is 4.67. The molecular formula is C19H20N2O3. The number of furan rings is 1. The summed E-state index contributed by atoms with van der Waals surface area (Å²) in [6.07, 6.45) is 1.72. The van der Waals surface area contributed by atoms with E-state index < -0.39 is 0 Å². The number of rotatable bonds is 3. The molecule has 0 radical (unpaired) electrons. The first-order valence-corrected chi connectivity index (χ1v) is 8.27. The minimum atomic E-state index is 0.0438. The lowest BCUT2D eigenvalue weighted by atomic mass is 9.97. The van der Waals surface area contributed by atoms with Crippen molar-refractivity contribution in [2.45, 2.75) is 12.8 Å². The fourth-order valence-electron chi connectivity index (χ4n) is 3.34. The van der Waals surface area contributed by atoms with Crippen molar-refractivity contribution in [2.24, 2.45) is 5.92 Å². The van der Waals surface area contributed by atoms with Gasteiger partial charge in [-0.2, -0.15) is 0 Å². The summed E-state index contributed by atoms with van der Waals surface area (Å²) in [4.78, 5) is 12.5. The van der Waals surface area contributed by atoms with Crippen LogP contribution >= 0.6 is 0 Å². The Hall–Kier alpha value is -2.53. The number of amides is 1. The molecule has 2 N–H and O–H groups in total. The fraction of sp³-hybridized carbons (Fsp3) is 0.316. The zero-order valence-electron chi connectivity index (χ0n) is 13.6. The first-order chi connectivity index (χ1) is 11.8. The van der Waals surface area contributed by atoms with Gasteiger partial charge in [0.05, 0.1) is 12.8 Å². The molecule has 5 nitrogen and oxygen atoms in total. The van der Waals surface area contributed by atoms with Crippen LogP contribution in [0.1, 0.15) is 12.8 Å². The number of methoxy groups -OCH3 is 1. The highest BCUT2D eigenvalue weighted by Crippen LogP contribution is 2.36. The number of piperidine rings is 1. The number of para-hydroxylation sites is 1. The molecule has 0 bridgehead atoms. The van der Waals surface area contributed by atoms with E-state index in [1.54, 1.807) is 7.11 Å². The zero-order valence-corrected chi connectivity index (χ0v) is 13.6. The van der Waals surface area contributed by atoms with Crippen LogP contribution in [0.4, 0.5) is 5.69 Å². The number of ether oxygens (including phenoxy) is 1. The van der Waals surface area contributed by atoms with Gasteiger partial charge < -0.3 is 19.8 Å². The van der Waals surface area contributed by atoms with Crippen LogP contribution < -0.4 is 15.4 Å². The number of nitrogens with one attached hydrogen (secondary N) is 2. The van der Waals surface area contributed by atoms with Crippen LogP contribution in [0, 0.1) is 5.92 Å². The Labute approximate surface area is 140 Å². The van der Waals surface area contributed by atoms with Gasteiger partial charge in [-0.1, -0.05) is 18.2 Å². The summed E-state index contributed by atoms with van der Waals surface area (Å²) in [6.45, 7) is 1.77. The third-order valence-corrected chi connectivity index (χ3v) is 4.67. The molecule has 1 fully saturated rings. The number of carbonyl (C=O) groups is 1. The van der Waals surface area contributed by atoms with Gasteiger partial charge in [0.1, 0.15) is 16.9 Å². The molecule has 1 aliphatic rings. The second kappa shape index (κ2) is 6.17. The smallest absolute Gasteiger partial charge is 0.227 e. The molecule has 0 saturated carbocycles. The minimum absolute atomic E-state index is 0.0438. The van der Waals surface area contributed by atoms with Crippen LogP contribution in [-0.4, -0.2) is 26.1 Å². The molecule has 1 amide bonds. The standard InChI is InChI=1S/C19H20N2O3/c1-23-18-10-14-13-4-2-3-5-16(13)24-17(14)11-15(18)21-19(22)12-6-8-20-9-7-12/h2-5,10-12,20H,6-9H2,1H3,(H,21,22). The molecule has 0 atom stereocenters. The Morgan fingerprint density at radius 3 is 2.75 bits per heavy atom. The Morgan fingerprint density at radius 1 is 1.17 bits per heavy atom. The predicted octanol–water partition coefficient (Wildman–Crippen LogP) is 3.53. The molecule has 24 heavy (non-hydrogen) atoms. The average molecular weight is 324 g/mol. The molecule has 1 aromatic heterocycles. The maximum Gasteiger partial charge on any atom is 0.227 e. The van der Waals surface area contributed by atoms with Crippen LogP contribution in [0.25, 0.3) is 21.9 Å². The molecule has 124 valence electrons. The van der Waals surface area contributed by atoms with Crippen LogP contribution in [0.2, 0.25) is 0 Å². The lowest BCUT2D eigenvalue weighted by Crippen LogP contribution is -2.34. The minimum Gasteiger partial charge on any atom is -0.495 e. The number of hydrogen-bond donors (Lipinski definition) is 2. The number of anilines is 1. The summed E-state index contributed by atoms with van der Waals surface area (Å²) in [5.74, 6) is 0.740. The van der Waals surface area contributed by atoms with Crippen molar-refractivity contribution in [1.82, 2.24) is 5.32 Å². The van der Waals surface area contributed by atoms with Gasteiger partial charge in [-0.15, -0.1) is 0 Å². The van der Waals surface area contributed by atoms with E-state index in [1.807, 2.05) is 36.4 Å². The Bertz CT molecular complexity index is 894. The highest BCUT2D eigenvalue weighted by atomic mass is 16.5. The summed E-state index contributed by atoms with van der Waals surface area (Å²) in [6, 6.07) is 11.7. The second-order valence-electron chi connectivity index (χ2n) is 6.16. The molecule has 3 aromatic rings. The van der Waals surface area contributed by atoms with Crippen LogP contribution in [0.3, 0.4) is 0 Å². The van der Waals surface area contributed by atoms with E-state index in [0.29, 0.717) is 11.4 Å². The van der Waals surface area contributed by atoms with Gasteiger partial charge in [0, 0.05) is 22.8 Å². The molecule has 2 aromatic carbocycles. The maximum absolute atomic E-state index is 12.5. The SMILES string of the molecule is COc1cc2c(cc1NC(=O)C1CCNCC1)oc1ccccc12. The van der Waals surface area contributed by atoms with E-state index in [2.05, 4.69) is 10.6 Å². The van der Waals surface area contributed by atoms with Crippen molar-refractivity contribution in [3.8, 4) is 5.75 Å². The molecule has 4 rings (SSSR count). The second-order valence-corrected chi connectivity index (χ2v) is 6.16. The first kappa shape index (κ1) is 15.0. The van der Waals surface area contributed by atoms with E-state index in [9.17, 15) is 4.79 Å². The number of carbonyl (C=O) groups excluding carboxylic acids is 1. The van der Waals surface area contributed by atoms with Crippen LogP contribution in [0.15, 0.2) is 40.8 Å². The van der Waals surface area contributed by atoms with Crippen LogP contribution in [-0.2, 0) is 4.79 Å². The van der Waals surface area contributed by atoms with Gasteiger partial charge in [-0.05, 0) is 38.1 Å². The van der Waals surface area contributed by atoms with E-state index in [4.69, 9.17) is 9.15 Å². The monoisotopic (exact) mass is 324 g/mol. The Kier molecular flexibility index (Phi) is 3.86. The van der Waals surface area contributed by atoms with Gasteiger partial charge in [0.15, 0.2) is 0 Å². The maximum atomic E-state index is 12.5. The van der Waals surface area contributed by atoms with Gasteiger partial charge in [-0.3, -0.25) is 4.79 Å². The highest BCUT2D eigenvalue weighted by Gasteiger charge is 2.22. The van der Waals surface area contributed by atoms with Gasteiger partial charge >= 0.3 is 0 Å².